The Balaban J connectivity index is 1.70. The van der Waals surface area contributed by atoms with E-state index in [2.05, 4.69) is 38.4 Å². The smallest absolute Gasteiger partial charge is 0.321 e. The summed E-state index contributed by atoms with van der Waals surface area (Å²) in [5, 5.41) is 9.27. The summed E-state index contributed by atoms with van der Waals surface area (Å²) in [4.78, 5) is 28.7. The van der Waals surface area contributed by atoms with E-state index in [-0.39, 0.29) is 18.5 Å². The van der Waals surface area contributed by atoms with Gasteiger partial charge in [-0.05, 0) is 41.3 Å². The molecule has 0 saturated heterocycles. The van der Waals surface area contributed by atoms with Gasteiger partial charge in [0.05, 0.1) is 12.6 Å². The number of nitrogens with one attached hydrogen (secondary N) is 2. The van der Waals surface area contributed by atoms with Gasteiger partial charge in [0.15, 0.2) is 0 Å². The highest BCUT2D eigenvalue weighted by Gasteiger charge is 2.31. The van der Waals surface area contributed by atoms with Gasteiger partial charge in [0, 0.05) is 22.8 Å². The Morgan fingerprint density at radius 2 is 2.17 bits per heavy atom. The zero-order valence-corrected chi connectivity index (χ0v) is 15.2. The van der Waals surface area contributed by atoms with Crippen molar-refractivity contribution in [2.45, 2.75) is 25.8 Å². The first-order valence-corrected chi connectivity index (χ1v) is 9.86. The van der Waals surface area contributed by atoms with Crippen LogP contribution in [0.15, 0.2) is 29.0 Å². The standard InChI is InChI=1S/C17H21N3O2S2/c1-2-7-18-17(22)19-15(21)11-20-8-5-13-12(6-10-24-13)16(20)14-4-3-9-23-14/h3-4,6,9-10,16H,2,5,7-8,11H2,1H3,(H2,18,19,21,22)/t16-/m1/s1. The second kappa shape index (κ2) is 7.92. The van der Waals surface area contributed by atoms with Crippen LogP contribution in [0.5, 0.6) is 0 Å². The fourth-order valence-corrected chi connectivity index (χ4v) is 4.73. The van der Waals surface area contributed by atoms with E-state index in [9.17, 15) is 9.59 Å². The van der Waals surface area contributed by atoms with Crippen LogP contribution in [0.2, 0.25) is 0 Å². The number of fused-ring (bicyclic) bond motifs is 1. The molecule has 3 rings (SSSR count). The molecule has 1 aliphatic rings. The molecule has 0 bridgehead atoms. The molecule has 24 heavy (non-hydrogen) atoms. The molecule has 3 heterocycles. The Kier molecular flexibility index (Phi) is 5.65. The van der Waals surface area contributed by atoms with Crippen molar-refractivity contribution in [2.75, 3.05) is 19.6 Å². The highest BCUT2D eigenvalue weighted by Crippen LogP contribution is 2.39. The molecule has 2 aromatic rings. The van der Waals surface area contributed by atoms with Crippen molar-refractivity contribution in [3.8, 4) is 0 Å². The molecule has 0 saturated carbocycles. The summed E-state index contributed by atoms with van der Waals surface area (Å²) < 4.78 is 0. The molecule has 0 aromatic carbocycles. The van der Waals surface area contributed by atoms with Gasteiger partial charge in [-0.2, -0.15) is 0 Å². The maximum Gasteiger partial charge on any atom is 0.321 e. The van der Waals surface area contributed by atoms with E-state index in [1.807, 2.05) is 13.0 Å². The summed E-state index contributed by atoms with van der Waals surface area (Å²) in [6, 6.07) is 5.99. The average Bonchev–Trinajstić information content (AvgIpc) is 3.23. The van der Waals surface area contributed by atoms with Gasteiger partial charge in [-0.25, -0.2) is 4.79 Å². The van der Waals surface area contributed by atoms with Gasteiger partial charge in [-0.3, -0.25) is 15.0 Å². The predicted molar refractivity (Wildman–Crippen MR) is 97.6 cm³/mol. The number of hydrogen-bond acceptors (Lipinski definition) is 5. The van der Waals surface area contributed by atoms with Gasteiger partial charge in [0.2, 0.25) is 5.91 Å². The summed E-state index contributed by atoms with van der Waals surface area (Å²) in [6.45, 7) is 3.58. The molecule has 0 radical (unpaired) electrons. The minimum absolute atomic E-state index is 0.101. The second-order valence-corrected chi connectivity index (χ2v) is 7.72. The number of hydrogen-bond donors (Lipinski definition) is 2. The molecule has 5 nitrogen and oxygen atoms in total. The molecule has 0 spiro atoms. The Hall–Kier alpha value is -1.70. The summed E-state index contributed by atoms with van der Waals surface area (Å²) in [6.07, 6.45) is 1.79. The highest BCUT2D eigenvalue weighted by atomic mass is 32.1. The molecule has 3 amide bonds. The third-order valence-corrected chi connectivity index (χ3v) is 5.93. The van der Waals surface area contributed by atoms with Gasteiger partial charge < -0.3 is 5.32 Å². The van der Waals surface area contributed by atoms with E-state index >= 15 is 0 Å². The lowest BCUT2D eigenvalue weighted by atomic mass is 9.98. The van der Waals surface area contributed by atoms with E-state index in [1.54, 1.807) is 22.7 Å². The first-order chi connectivity index (χ1) is 11.7. The fourth-order valence-electron chi connectivity index (χ4n) is 2.95. The quantitative estimate of drug-likeness (QED) is 0.858. The van der Waals surface area contributed by atoms with Crippen LogP contribution in [0, 0.1) is 0 Å². The number of urea groups is 1. The molecule has 0 unspecified atom stereocenters. The summed E-state index contributed by atoms with van der Waals surface area (Å²) in [5.41, 5.74) is 1.29. The Labute approximate surface area is 149 Å². The van der Waals surface area contributed by atoms with E-state index in [0.29, 0.717) is 6.54 Å². The SMILES string of the molecule is CCCNC(=O)NC(=O)CN1CCc2sccc2[C@@H]1c1cccs1. The van der Waals surface area contributed by atoms with E-state index in [4.69, 9.17) is 0 Å². The number of thiophene rings is 2. The van der Waals surface area contributed by atoms with Crippen molar-refractivity contribution in [2.24, 2.45) is 0 Å². The molecule has 1 atom stereocenters. The van der Waals surface area contributed by atoms with Crippen molar-refractivity contribution >= 4 is 34.6 Å². The fraction of sp³-hybridized carbons (Fsp3) is 0.412. The number of imide groups is 1. The average molecular weight is 364 g/mol. The van der Waals surface area contributed by atoms with Crippen molar-refractivity contribution < 1.29 is 9.59 Å². The first-order valence-electron chi connectivity index (χ1n) is 8.10. The normalized spacial score (nSPS) is 17.3. The van der Waals surface area contributed by atoms with Crippen LogP contribution in [0.3, 0.4) is 0 Å². The molecule has 128 valence electrons. The molecule has 1 aliphatic heterocycles. The van der Waals surface area contributed by atoms with Crippen LogP contribution in [0.4, 0.5) is 4.79 Å². The monoisotopic (exact) mass is 363 g/mol. The van der Waals surface area contributed by atoms with Gasteiger partial charge in [-0.15, -0.1) is 22.7 Å². The van der Waals surface area contributed by atoms with Crippen molar-refractivity contribution in [3.05, 3.63) is 44.3 Å². The van der Waals surface area contributed by atoms with Crippen molar-refractivity contribution in [1.29, 1.82) is 0 Å². The van der Waals surface area contributed by atoms with Gasteiger partial charge in [-0.1, -0.05) is 13.0 Å². The van der Waals surface area contributed by atoms with Gasteiger partial charge in [0.25, 0.3) is 0 Å². The lowest BCUT2D eigenvalue weighted by Crippen LogP contribution is -2.46. The van der Waals surface area contributed by atoms with E-state index < -0.39 is 6.03 Å². The largest absolute Gasteiger partial charge is 0.338 e. The molecule has 2 N–H and O–H groups in total. The van der Waals surface area contributed by atoms with Crippen molar-refractivity contribution in [1.82, 2.24) is 15.5 Å². The third-order valence-electron chi connectivity index (χ3n) is 4.01. The van der Waals surface area contributed by atoms with Crippen LogP contribution in [0.1, 0.15) is 34.7 Å². The molecule has 0 fully saturated rings. The number of nitrogens with zero attached hydrogens (tertiary/aromatic N) is 1. The van der Waals surface area contributed by atoms with Gasteiger partial charge in [0.1, 0.15) is 0 Å². The van der Waals surface area contributed by atoms with E-state index in [1.165, 1.54) is 15.3 Å². The lowest BCUT2D eigenvalue weighted by molar-refractivity contribution is -0.121. The predicted octanol–water partition coefficient (Wildman–Crippen LogP) is 2.99. The Bertz CT molecular complexity index is 697. The Morgan fingerprint density at radius 1 is 1.29 bits per heavy atom. The molecule has 0 aliphatic carbocycles. The number of carbonyl (C=O) groups is 2. The van der Waals surface area contributed by atoms with Gasteiger partial charge >= 0.3 is 6.03 Å². The van der Waals surface area contributed by atoms with Crippen LogP contribution >= 0.6 is 22.7 Å². The lowest BCUT2D eigenvalue weighted by Gasteiger charge is -2.34. The number of amides is 3. The first kappa shape index (κ1) is 17.1. The molecular weight excluding hydrogens is 342 g/mol. The van der Waals surface area contributed by atoms with Crippen LogP contribution in [0.25, 0.3) is 0 Å². The van der Waals surface area contributed by atoms with E-state index in [0.717, 1.165) is 19.4 Å². The summed E-state index contributed by atoms with van der Waals surface area (Å²) in [5.74, 6) is -0.260. The zero-order chi connectivity index (χ0) is 16.9. The Morgan fingerprint density at radius 3 is 2.92 bits per heavy atom. The molecule has 7 heteroatoms. The minimum atomic E-state index is -0.414. The topological polar surface area (TPSA) is 61.4 Å². The number of carbonyl (C=O) groups excluding carboxylic acids is 2. The minimum Gasteiger partial charge on any atom is -0.338 e. The maximum absolute atomic E-state index is 12.2. The van der Waals surface area contributed by atoms with Crippen molar-refractivity contribution in [3.63, 3.8) is 0 Å². The summed E-state index contributed by atoms with van der Waals surface area (Å²) >= 11 is 3.48. The number of rotatable bonds is 5. The second-order valence-electron chi connectivity index (χ2n) is 5.74. The maximum atomic E-state index is 12.2. The van der Waals surface area contributed by atoms with Crippen LogP contribution < -0.4 is 10.6 Å². The summed E-state index contributed by atoms with van der Waals surface area (Å²) in [7, 11) is 0. The zero-order valence-electron chi connectivity index (χ0n) is 13.6. The third kappa shape index (κ3) is 3.85. The molecule has 2 aromatic heterocycles. The molecular formula is C17H21N3O2S2. The highest BCUT2D eigenvalue weighted by molar-refractivity contribution is 7.10. The van der Waals surface area contributed by atoms with Crippen LogP contribution in [-0.4, -0.2) is 36.5 Å². The van der Waals surface area contributed by atoms with Crippen LogP contribution in [-0.2, 0) is 11.2 Å².